The molecule has 3 heterocycles. The highest BCUT2D eigenvalue weighted by Gasteiger charge is 2.23. The zero-order chi connectivity index (χ0) is 19.7. The van der Waals surface area contributed by atoms with Crippen LogP contribution in [0.15, 0.2) is 35.5 Å². The minimum Gasteiger partial charge on any atom is -0.383 e. The number of aliphatic imine (C=N–C) groups is 1. The van der Waals surface area contributed by atoms with Gasteiger partial charge in [0.15, 0.2) is 0 Å². The number of thiophene rings is 1. The Hall–Kier alpha value is -2.77. The van der Waals surface area contributed by atoms with Crippen molar-refractivity contribution in [2.24, 2.45) is 4.99 Å². The summed E-state index contributed by atoms with van der Waals surface area (Å²) in [5.41, 5.74) is 9.77. The fraction of sp³-hybridized carbons (Fsp3) is 0.286. The third-order valence-electron chi connectivity index (χ3n) is 4.98. The van der Waals surface area contributed by atoms with Gasteiger partial charge in [-0.2, -0.15) is 0 Å². The third kappa shape index (κ3) is 3.39. The van der Waals surface area contributed by atoms with E-state index in [9.17, 15) is 4.79 Å². The number of pyridine rings is 1. The van der Waals surface area contributed by atoms with Gasteiger partial charge in [-0.3, -0.25) is 9.79 Å². The molecule has 0 radical (unpaired) electrons. The number of hydrogen-bond donors (Lipinski definition) is 1. The van der Waals surface area contributed by atoms with Crippen LogP contribution in [0.4, 0.5) is 5.82 Å². The summed E-state index contributed by atoms with van der Waals surface area (Å²) in [7, 11) is 1.71. The van der Waals surface area contributed by atoms with Crippen molar-refractivity contribution in [1.82, 2.24) is 9.88 Å². The van der Waals surface area contributed by atoms with Gasteiger partial charge in [-0.15, -0.1) is 11.3 Å². The van der Waals surface area contributed by atoms with E-state index in [-0.39, 0.29) is 5.91 Å². The lowest BCUT2D eigenvalue weighted by Gasteiger charge is -2.26. The molecule has 0 bridgehead atoms. The van der Waals surface area contributed by atoms with E-state index >= 15 is 0 Å². The predicted octanol–water partition coefficient (Wildman–Crippen LogP) is 3.38. The number of benzene rings is 1. The Labute approximate surface area is 167 Å². The molecule has 144 valence electrons. The first-order valence-corrected chi connectivity index (χ1v) is 9.98. The van der Waals surface area contributed by atoms with E-state index in [0.717, 1.165) is 37.2 Å². The number of morpholine rings is 1. The van der Waals surface area contributed by atoms with Gasteiger partial charge in [-0.1, -0.05) is 12.1 Å². The van der Waals surface area contributed by atoms with Crippen LogP contribution in [0.5, 0.6) is 0 Å². The Kier molecular flexibility index (Phi) is 5.11. The summed E-state index contributed by atoms with van der Waals surface area (Å²) in [6, 6.07) is 8.24. The molecule has 2 N–H and O–H groups in total. The molecule has 0 atom stereocenters. The van der Waals surface area contributed by atoms with E-state index in [1.807, 2.05) is 17.9 Å². The van der Waals surface area contributed by atoms with Gasteiger partial charge >= 0.3 is 0 Å². The molecule has 3 aromatic rings. The quantitative estimate of drug-likeness (QED) is 0.691. The smallest absolute Gasteiger partial charge is 0.264 e. The first-order chi connectivity index (χ1) is 13.6. The highest BCUT2D eigenvalue weighted by atomic mass is 32.1. The Morgan fingerprint density at radius 3 is 2.82 bits per heavy atom. The maximum atomic E-state index is 12.9. The molecule has 1 saturated heterocycles. The minimum absolute atomic E-state index is 0.0964. The standard InChI is InChI=1S/C21H22N4O2S/c1-13-17-4-3-14(15-9-16(11-23-2)20(22)24-12-15)10-18(17)28-19(13)21(26)25-5-7-27-8-6-25/h3-4,9-12H,5-8H2,1-2H3,(H2,22,24). The maximum Gasteiger partial charge on any atom is 0.264 e. The molecule has 1 amide bonds. The molecule has 1 aliphatic heterocycles. The molecular weight excluding hydrogens is 372 g/mol. The number of ether oxygens (including phenoxy) is 1. The number of rotatable bonds is 3. The molecule has 1 fully saturated rings. The van der Waals surface area contributed by atoms with E-state index in [2.05, 4.69) is 28.2 Å². The van der Waals surface area contributed by atoms with Gasteiger partial charge in [0.1, 0.15) is 5.82 Å². The number of nitrogens with two attached hydrogens (primary N) is 1. The van der Waals surface area contributed by atoms with Crippen LogP contribution < -0.4 is 5.73 Å². The van der Waals surface area contributed by atoms with Crippen molar-refractivity contribution in [3.05, 3.63) is 46.5 Å². The number of nitrogen functional groups attached to an aromatic ring is 1. The lowest BCUT2D eigenvalue weighted by Crippen LogP contribution is -2.40. The molecule has 1 aliphatic rings. The van der Waals surface area contributed by atoms with Crippen molar-refractivity contribution < 1.29 is 9.53 Å². The second kappa shape index (κ2) is 7.69. The topological polar surface area (TPSA) is 80.8 Å². The zero-order valence-corrected chi connectivity index (χ0v) is 16.8. The number of fused-ring (bicyclic) bond motifs is 1. The number of anilines is 1. The van der Waals surface area contributed by atoms with Crippen LogP contribution in [0.25, 0.3) is 21.2 Å². The number of aryl methyl sites for hydroxylation is 1. The van der Waals surface area contributed by atoms with Gasteiger partial charge < -0.3 is 15.4 Å². The summed E-state index contributed by atoms with van der Waals surface area (Å²) < 4.78 is 6.45. The molecule has 0 saturated carbocycles. The number of amides is 1. The molecule has 1 aromatic carbocycles. The summed E-state index contributed by atoms with van der Waals surface area (Å²) >= 11 is 1.55. The van der Waals surface area contributed by atoms with Crippen LogP contribution in [0.3, 0.4) is 0 Å². The maximum absolute atomic E-state index is 12.9. The lowest BCUT2D eigenvalue weighted by atomic mass is 10.0. The van der Waals surface area contributed by atoms with E-state index in [0.29, 0.717) is 32.1 Å². The molecule has 0 unspecified atom stereocenters. The van der Waals surface area contributed by atoms with Crippen molar-refractivity contribution in [3.8, 4) is 11.1 Å². The molecule has 0 spiro atoms. The predicted molar refractivity (Wildman–Crippen MR) is 114 cm³/mol. The molecule has 0 aliphatic carbocycles. The zero-order valence-electron chi connectivity index (χ0n) is 15.9. The highest BCUT2D eigenvalue weighted by Crippen LogP contribution is 2.35. The van der Waals surface area contributed by atoms with Crippen LogP contribution in [-0.4, -0.2) is 55.4 Å². The SMILES string of the molecule is CN=Cc1cc(-c2ccc3c(C)c(C(=O)N4CCOCC4)sc3c2)cnc1N. The highest BCUT2D eigenvalue weighted by molar-refractivity contribution is 7.21. The average Bonchev–Trinajstić information content (AvgIpc) is 3.06. The Bertz CT molecular complexity index is 1070. The van der Waals surface area contributed by atoms with E-state index in [1.54, 1.807) is 30.8 Å². The number of aromatic nitrogens is 1. The van der Waals surface area contributed by atoms with Crippen LogP contribution in [0.1, 0.15) is 20.8 Å². The van der Waals surface area contributed by atoms with Crippen molar-refractivity contribution >= 4 is 39.4 Å². The summed E-state index contributed by atoms with van der Waals surface area (Å²) in [4.78, 5) is 23.9. The van der Waals surface area contributed by atoms with Crippen molar-refractivity contribution in [1.29, 1.82) is 0 Å². The normalized spacial score (nSPS) is 14.9. The van der Waals surface area contributed by atoms with Gasteiger partial charge in [0.05, 0.1) is 18.1 Å². The lowest BCUT2D eigenvalue weighted by molar-refractivity contribution is 0.0306. The van der Waals surface area contributed by atoms with Crippen LogP contribution in [0.2, 0.25) is 0 Å². The monoisotopic (exact) mass is 394 g/mol. The van der Waals surface area contributed by atoms with E-state index in [4.69, 9.17) is 10.5 Å². The fourth-order valence-electron chi connectivity index (χ4n) is 3.41. The van der Waals surface area contributed by atoms with E-state index < -0.39 is 0 Å². The Balaban J connectivity index is 1.72. The van der Waals surface area contributed by atoms with Crippen molar-refractivity contribution in [3.63, 3.8) is 0 Å². The first-order valence-electron chi connectivity index (χ1n) is 9.16. The van der Waals surface area contributed by atoms with Gasteiger partial charge in [-0.25, -0.2) is 4.98 Å². The van der Waals surface area contributed by atoms with E-state index in [1.165, 1.54) is 0 Å². The van der Waals surface area contributed by atoms with Crippen LogP contribution in [0, 0.1) is 6.92 Å². The number of hydrogen-bond acceptors (Lipinski definition) is 6. The fourth-order valence-corrected chi connectivity index (χ4v) is 4.63. The largest absolute Gasteiger partial charge is 0.383 e. The van der Waals surface area contributed by atoms with Gasteiger partial charge in [0, 0.05) is 48.4 Å². The Morgan fingerprint density at radius 1 is 1.29 bits per heavy atom. The summed E-state index contributed by atoms with van der Waals surface area (Å²) in [5, 5.41) is 1.11. The van der Waals surface area contributed by atoms with Crippen molar-refractivity contribution in [2.45, 2.75) is 6.92 Å². The summed E-state index contributed by atoms with van der Waals surface area (Å²) in [5.74, 6) is 0.555. The molecule has 4 rings (SSSR count). The summed E-state index contributed by atoms with van der Waals surface area (Å²) in [6.45, 7) is 4.53. The molecule has 6 nitrogen and oxygen atoms in total. The van der Waals surface area contributed by atoms with Crippen molar-refractivity contribution in [2.75, 3.05) is 39.1 Å². The Morgan fingerprint density at radius 2 is 2.07 bits per heavy atom. The molecular formula is C21H22N4O2S. The molecule has 28 heavy (non-hydrogen) atoms. The van der Waals surface area contributed by atoms with Crippen LogP contribution >= 0.6 is 11.3 Å². The molecule has 7 heteroatoms. The first kappa shape index (κ1) is 18.6. The van der Waals surface area contributed by atoms with Gasteiger partial charge in [0.25, 0.3) is 5.91 Å². The molecule has 2 aromatic heterocycles. The number of nitrogens with zero attached hydrogens (tertiary/aromatic N) is 3. The van der Waals surface area contributed by atoms with Gasteiger partial charge in [0.2, 0.25) is 0 Å². The number of carbonyl (C=O) groups excluding carboxylic acids is 1. The van der Waals surface area contributed by atoms with Gasteiger partial charge in [-0.05, 0) is 35.6 Å². The minimum atomic E-state index is 0.0964. The average molecular weight is 395 g/mol. The number of carbonyl (C=O) groups is 1. The third-order valence-corrected chi connectivity index (χ3v) is 6.22. The summed E-state index contributed by atoms with van der Waals surface area (Å²) in [6.07, 6.45) is 3.47. The second-order valence-electron chi connectivity index (χ2n) is 6.76. The second-order valence-corrected chi connectivity index (χ2v) is 7.81. The van der Waals surface area contributed by atoms with Crippen LogP contribution in [-0.2, 0) is 4.74 Å².